The molecule has 0 radical (unpaired) electrons. The largest absolute Gasteiger partial charge is 0.492 e. The Labute approximate surface area is 238 Å². The lowest BCUT2D eigenvalue weighted by atomic mass is 10.1. The van der Waals surface area contributed by atoms with E-state index in [2.05, 4.69) is 59.7 Å². The number of aromatic nitrogens is 1. The van der Waals surface area contributed by atoms with Gasteiger partial charge in [-0.25, -0.2) is 0 Å². The molecular weight excluding hydrogens is 496 g/mol. The molecule has 208 valence electrons. The fraction of sp³-hybridized carbons (Fsp3) is 0.265. The molecule has 6 heteroatoms. The third-order valence-corrected chi connectivity index (χ3v) is 6.17. The van der Waals surface area contributed by atoms with Crippen molar-refractivity contribution in [1.82, 2.24) is 4.98 Å². The molecule has 2 aromatic carbocycles. The van der Waals surface area contributed by atoms with E-state index in [1.54, 1.807) is 18.6 Å². The standard InChI is InChI=1S/C34H40N4O2/c1-27(24-36-28(2)30-13-7-4-8-14-30)17-19-33(23-35)39-21-11-6-12-22-40-34-20-18-32(38-26-34)25-37-29(3)31-15-9-5-10-16-31/h4-5,7-10,13-20,23-26,28-29H,1,6,11-12,21-22,35H2,2-3H3/b19-17-,33-23+,36-24+,37-25+/t28-,29-/m0/s1. The summed E-state index contributed by atoms with van der Waals surface area (Å²) in [4.78, 5) is 13.6. The van der Waals surface area contributed by atoms with Gasteiger partial charge in [0.15, 0.2) is 0 Å². The van der Waals surface area contributed by atoms with Crippen LogP contribution in [-0.2, 0) is 4.74 Å². The maximum absolute atomic E-state index is 5.83. The fourth-order valence-corrected chi connectivity index (χ4v) is 3.73. The average molecular weight is 537 g/mol. The van der Waals surface area contributed by atoms with Crippen LogP contribution in [0.1, 0.15) is 62.0 Å². The predicted octanol–water partition coefficient (Wildman–Crippen LogP) is 7.57. The molecule has 40 heavy (non-hydrogen) atoms. The smallest absolute Gasteiger partial charge is 0.137 e. The number of pyridine rings is 1. The van der Waals surface area contributed by atoms with Crippen LogP contribution in [0.25, 0.3) is 0 Å². The number of rotatable bonds is 16. The minimum Gasteiger partial charge on any atom is -0.492 e. The van der Waals surface area contributed by atoms with Crippen LogP contribution >= 0.6 is 0 Å². The van der Waals surface area contributed by atoms with Gasteiger partial charge in [0.25, 0.3) is 0 Å². The minimum absolute atomic E-state index is 0.0697. The first kappa shape index (κ1) is 30.1. The van der Waals surface area contributed by atoms with Gasteiger partial charge in [0, 0.05) is 18.6 Å². The number of ether oxygens (including phenoxy) is 2. The molecule has 3 rings (SSSR count). The van der Waals surface area contributed by atoms with Gasteiger partial charge in [0.2, 0.25) is 0 Å². The van der Waals surface area contributed by atoms with Crippen molar-refractivity contribution in [3.8, 4) is 5.75 Å². The predicted molar refractivity (Wildman–Crippen MR) is 166 cm³/mol. The van der Waals surface area contributed by atoms with Crippen LogP contribution in [0.2, 0.25) is 0 Å². The van der Waals surface area contributed by atoms with Gasteiger partial charge < -0.3 is 15.2 Å². The average Bonchev–Trinajstić information content (AvgIpc) is 3.01. The summed E-state index contributed by atoms with van der Waals surface area (Å²) in [6, 6.07) is 24.4. The highest BCUT2D eigenvalue weighted by atomic mass is 16.5. The van der Waals surface area contributed by atoms with E-state index >= 15 is 0 Å². The zero-order valence-corrected chi connectivity index (χ0v) is 23.5. The first-order valence-corrected chi connectivity index (χ1v) is 13.7. The summed E-state index contributed by atoms with van der Waals surface area (Å²) in [7, 11) is 0. The Balaban J connectivity index is 1.28. The Bertz CT molecular complexity index is 1270. The zero-order valence-electron chi connectivity index (χ0n) is 23.5. The SMILES string of the molecule is C=C(/C=C\C(=C/N)OCCCCCOc1ccc(/C=N/[C@@H](C)c2ccccc2)nc1)/C=N/[C@@H](C)c1ccccc1. The minimum atomic E-state index is 0.0697. The summed E-state index contributed by atoms with van der Waals surface area (Å²) < 4.78 is 11.6. The Morgan fingerprint density at radius 1 is 0.850 bits per heavy atom. The lowest BCUT2D eigenvalue weighted by molar-refractivity contribution is 0.212. The molecule has 2 atom stereocenters. The van der Waals surface area contributed by atoms with Crippen LogP contribution in [0, 0.1) is 0 Å². The third-order valence-electron chi connectivity index (χ3n) is 6.17. The van der Waals surface area contributed by atoms with Crippen LogP contribution in [0.5, 0.6) is 5.75 Å². The van der Waals surface area contributed by atoms with Crippen molar-refractivity contribution >= 4 is 12.4 Å². The van der Waals surface area contributed by atoms with E-state index in [0.717, 1.165) is 41.8 Å². The molecule has 0 saturated carbocycles. The van der Waals surface area contributed by atoms with Crippen LogP contribution in [0.15, 0.2) is 125 Å². The van der Waals surface area contributed by atoms with E-state index in [9.17, 15) is 0 Å². The monoisotopic (exact) mass is 536 g/mol. The molecule has 0 spiro atoms. The van der Waals surface area contributed by atoms with E-state index in [4.69, 9.17) is 15.2 Å². The second-order valence-corrected chi connectivity index (χ2v) is 9.38. The first-order chi connectivity index (χ1) is 19.5. The summed E-state index contributed by atoms with van der Waals surface area (Å²) in [5.41, 5.74) is 9.65. The van der Waals surface area contributed by atoms with Crippen molar-refractivity contribution in [2.75, 3.05) is 13.2 Å². The Hall–Kier alpha value is -4.45. The molecule has 3 aromatic rings. The van der Waals surface area contributed by atoms with Gasteiger partial charge in [-0.1, -0.05) is 73.3 Å². The topological polar surface area (TPSA) is 82.1 Å². The molecule has 0 aliphatic carbocycles. The molecule has 0 bridgehead atoms. The fourth-order valence-electron chi connectivity index (χ4n) is 3.73. The number of benzene rings is 2. The first-order valence-electron chi connectivity index (χ1n) is 13.7. The maximum atomic E-state index is 5.83. The van der Waals surface area contributed by atoms with Gasteiger partial charge in [-0.2, -0.15) is 0 Å². The van der Waals surface area contributed by atoms with Gasteiger partial charge in [0.1, 0.15) is 11.5 Å². The number of nitrogens with zero attached hydrogens (tertiary/aromatic N) is 3. The Morgan fingerprint density at radius 2 is 1.50 bits per heavy atom. The number of nitrogens with two attached hydrogens (primary N) is 1. The number of aliphatic imine (C=N–C) groups is 2. The van der Waals surface area contributed by atoms with Crippen LogP contribution in [0.4, 0.5) is 0 Å². The molecule has 1 heterocycles. The lowest BCUT2D eigenvalue weighted by Crippen LogP contribution is -2.01. The molecule has 0 amide bonds. The van der Waals surface area contributed by atoms with Crippen molar-refractivity contribution in [1.29, 1.82) is 0 Å². The van der Waals surface area contributed by atoms with E-state index in [-0.39, 0.29) is 12.1 Å². The van der Waals surface area contributed by atoms with Crippen molar-refractivity contribution in [3.63, 3.8) is 0 Å². The summed E-state index contributed by atoms with van der Waals surface area (Å²) >= 11 is 0. The van der Waals surface area contributed by atoms with E-state index in [0.29, 0.717) is 19.0 Å². The van der Waals surface area contributed by atoms with Crippen LogP contribution in [0.3, 0.4) is 0 Å². The summed E-state index contributed by atoms with van der Waals surface area (Å²) in [6.45, 7) is 9.36. The second kappa shape index (κ2) is 17.2. The van der Waals surface area contributed by atoms with Crippen LogP contribution < -0.4 is 10.5 Å². The molecule has 2 N–H and O–H groups in total. The zero-order chi connectivity index (χ0) is 28.4. The van der Waals surface area contributed by atoms with Crippen molar-refractivity contribution in [3.05, 3.63) is 132 Å². The number of allylic oxidation sites excluding steroid dienone is 3. The number of hydrogen-bond acceptors (Lipinski definition) is 6. The molecule has 1 aromatic heterocycles. The van der Waals surface area contributed by atoms with Crippen molar-refractivity contribution in [2.24, 2.45) is 15.7 Å². The van der Waals surface area contributed by atoms with Gasteiger partial charge in [-0.15, -0.1) is 0 Å². The highest BCUT2D eigenvalue weighted by molar-refractivity contribution is 5.81. The molecule has 0 fully saturated rings. The van der Waals surface area contributed by atoms with Gasteiger partial charge in [-0.3, -0.25) is 15.0 Å². The van der Waals surface area contributed by atoms with Gasteiger partial charge >= 0.3 is 0 Å². The normalized spacial score (nSPS) is 13.6. The van der Waals surface area contributed by atoms with E-state index in [1.165, 1.54) is 11.8 Å². The second-order valence-electron chi connectivity index (χ2n) is 9.38. The quantitative estimate of drug-likeness (QED) is 0.0886. The molecule has 0 aliphatic heterocycles. The molecule has 0 unspecified atom stereocenters. The molecular formula is C34H40N4O2. The van der Waals surface area contributed by atoms with Gasteiger partial charge in [-0.05, 0) is 68.0 Å². The molecule has 0 aliphatic rings. The molecule has 0 saturated heterocycles. The van der Waals surface area contributed by atoms with E-state index in [1.807, 2.05) is 60.7 Å². The maximum Gasteiger partial charge on any atom is 0.137 e. The Kier molecular flexibility index (Phi) is 12.9. The van der Waals surface area contributed by atoms with Crippen molar-refractivity contribution in [2.45, 2.75) is 45.2 Å². The Morgan fingerprint density at radius 3 is 2.12 bits per heavy atom. The summed E-state index contributed by atoms with van der Waals surface area (Å²) in [5, 5.41) is 0. The van der Waals surface area contributed by atoms with Crippen LogP contribution in [-0.4, -0.2) is 30.6 Å². The highest BCUT2D eigenvalue weighted by Gasteiger charge is 2.02. The molecule has 6 nitrogen and oxygen atoms in total. The number of unbranched alkanes of at least 4 members (excludes halogenated alkanes) is 2. The number of hydrogen-bond donors (Lipinski definition) is 1. The lowest BCUT2D eigenvalue weighted by Gasteiger charge is -2.08. The third kappa shape index (κ3) is 11.1. The van der Waals surface area contributed by atoms with Crippen molar-refractivity contribution < 1.29 is 9.47 Å². The van der Waals surface area contributed by atoms with E-state index < -0.39 is 0 Å². The summed E-state index contributed by atoms with van der Waals surface area (Å²) in [6.07, 6.45) is 13.2. The van der Waals surface area contributed by atoms with Gasteiger partial charge in [0.05, 0.1) is 37.2 Å². The highest BCUT2D eigenvalue weighted by Crippen LogP contribution is 2.17. The summed E-state index contributed by atoms with van der Waals surface area (Å²) in [5.74, 6) is 1.36.